The Morgan fingerprint density at radius 1 is 1.03 bits per heavy atom. The van der Waals surface area contributed by atoms with Gasteiger partial charge in [0.1, 0.15) is 0 Å². The quantitative estimate of drug-likeness (QED) is 0.402. The van der Waals surface area contributed by atoms with Gasteiger partial charge in [-0.2, -0.15) is 0 Å². The summed E-state index contributed by atoms with van der Waals surface area (Å²) >= 11 is 0. The summed E-state index contributed by atoms with van der Waals surface area (Å²) in [5.74, 6) is 2.10. The van der Waals surface area contributed by atoms with Crippen molar-refractivity contribution >= 4 is 11.9 Å². The van der Waals surface area contributed by atoms with E-state index in [1.165, 1.54) is 0 Å². The van der Waals surface area contributed by atoms with Gasteiger partial charge in [-0.15, -0.1) is 0 Å². The van der Waals surface area contributed by atoms with Crippen molar-refractivity contribution in [3.63, 3.8) is 0 Å². The van der Waals surface area contributed by atoms with Gasteiger partial charge in [-0.25, -0.2) is 0 Å². The molecule has 0 aromatic heterocycles. The second-order valence-corrected chi connectivity index (χ2v) is 7.28. The number of amides is 1. The van der Waals surface area contributed by atoms with Crippen LogP contribution in [0.5, 0.6) is 11.5 Å². The highest BCUT2D eigenvalue weighted by atomic mass is 16.5. The molecule has 0 aliphatic heterocycles. The zero-order valence-electron chi connectivity index (χ0n) is 19.1. The number of hydrogen-bond donors (Lipinski definition) is 3. The molecule has 31 heavy (non-hydrogen) atoms. The van der Waals surface area contributed by atoms with Crippen LogP contribution in [0.2, 0.25) is 0 Å². The van der Waals surface area contributed by atoms with E-state index in [9.17, 15) is 4.79 Å². The molecule has 2 aromatic carbocycles. The third-order valence-electron chi connectivity index (χ3n) is 5.02. The van der Waals surface area contributed by atoms with E-state index >= 15 is 0 Å². The minimum atomic E-state index is -0.0476. The van der Waals surface area contributed by atoms with E-state index in [1.807, 2.05) is 49.4 Å². The molecule has 3 N–H and O–H groups in total. The first-order valence-electron chi connectivity index (χ1n) is 10.6. The Hall–Kier alpha value is -3.22. The monoisotopic (exact) mass is 426 g/mol. The Kier molecular flexibility index (Phi) is 9.68. The zero-order valence-corrected chi connectivity index (χ0v) is 19.1. The molecule has 1 amide bonds. The van der Waals surface area contributed by atoms with Gasteiger partial charge in [-0.1, -0.05) is 25.1 Å². The number of carbonyl (C=O) groups excluding carboxylic acids is 1. The molecule has 0 aliphatic carbocycles. The van der Waals surface area contributed by atoms with Crippen LogP contribution in [0.25, 0.3) is 0 Å². The van der Waals surface area contributed by atoms with E-state index in [2.05, 4.69) is 27.9 Å². The van der Waals surface area contributed by atoms with Crippen LogP contribution in [0.3, 0.4) is 0 Å². The fraction of sp³-hybridized carbons (Fsp3) is 0.417. The van der Waals surface area contributed by atoms with Crippen LogP contribution in [0, 0.1) is 0 Å². The Labute approximate surface area is 185 Å². The number of rotatable bonds is 10. The van der Waals surface area contributed by atoms with Crippen molar-refractivity contribution in [2.45, 2.75) is 39.3 Å². The van der Waals surface area contributed by atoms with Crippen molar-refractivity contribution in [3.8, 4) is 11.5 Å². The zero-order chi connectivity index (χ0) is 22.6. The third-order valence-corrected chi connectivity index (χ3v) is 5.02. The molecular weight excluding hydrogens is 392 g/mol. The average molecular weight is 427 g/mol. The van der Waals surface area contributed by atoms with E-state index < -0.39 is 0 Å². The molecule has 2 rings (SSSR count). The molecule has 1 unspecified atom stereocenters. The predicted molar refractivity (Wildman–Crippen MR) is 125 cm³/mol. The van der Waals surface area contributed by atoms with Crippen molar-refractivity contribution in [1.29, 1.82) is 0 Å². The van der Waals surface area contributed by atoms with Crippen LogP contribution in [-0.4, -0.2) is 45.7 Å². The van der Waals surface area contributed by atoms with E-state index in [0.29, 0.717) is 24.6 Å². The Morgan fingerprint density at radius 2 is 1.81 bits per heavy atom. The summed E-state index contributed by atoms with van der Waals surface area (Å²) in [4.78, 5) is 16.6. The molecule has 7 nitrogen and oxygen atoms in total. The highest BCUT2D eigenvalue weighted by molar-refractivity contribution is 5.94. The first-order chi connectivity index (χ1) is 15.0. The van der Waals surface area contributed by atoms with Gasteiger partial charge in [0, 0.05) is 31.7 Å². The molecule has 0 bridgehead atoms. The van der Waals surface area contributed by atoms with Crippen LogP contribution in [-0.2, 0) is 13.0 Å². The lowest BCUT2D eigenvalue weighted by atomic mass is 10.1. The fourth-order valence-corrected chi connectivity index (χ4v) is 3.00. The molecule has 7 heteroatoms. The van der Waals surface area contributed by atoms with Crippen LogP contribution in [0.1, 0.15) is 41.8 Å². The van der Waals surface area contributed by atoms with Gasteiger partial charge in [0.2, 0.25) is 0 Å². The molecule has 0 saturated carbocycles. The molecule has 0 fully saturated rings. The largest absolute Gasteiger partial charge is 0.493 e. The maximum atomic E-state index is 12.3. The van der Waals surface area contributed by atoms with Crippen LogP contribution in [0.15, 0.2) is 47.5 Å². The molecule has 0 aliphatic rings. The van der Waals surface area contributed by atoms with E-state index in [-0.39, 0.29) is 11.9 Å². The molecule has 0 spiro atoms. The highest BCUT2D eigenvalue weighted by Gasteiger charge is 2.09. The van der Waals surface area contributed by atoms with Crippen molar-refractivity contribution in [3.05, 3.63) is 59.2 Å². The number of methoxy groups -OCH3 is 2. The standard InChI is InChI=1S/C24H34N4O3/c1-6-17(2)28-23(29)20-9-7-8-19(14-20)16-27-24(25-3)26-13-12-18-10-11-21(30-4)22(15-18)31-5/h7-11,14-15,17H,6,12-13,16H2,1-5H3,(H,28,29)(H2,25,26,27). The number of nitrogens with zero attached hydrogens (tertiary/aromatic N) is 1. The number of hydrogen-bond acceptors (Lipinski definition) is 4. The van der Waals surface area contributed by atoms with Gasteiger partial charge in [0.25, 0.3) is 5.91 Å². The molecule has 0 saturated heterocycles. The molecule has 1 atom stereocenters. The summed E-state index contributed by atoms with van der Waals surface area (Å²) in [6.07, 6.45) is 1.71. The van der Waals surface area contributed by atoms with Crippen molar-refractivity contribution in [2.75, 3.05) is 27.8 Å². The number of benzene rings is 2. The predicted octanol–water partition coefficient (Wildman–Crippen LogP) is 3.14. The van der Waals surface area contributed by atoms with E-state index in [0.717, 1.165) is 35.5 Å². The molecule has 168 valence electrons. The summed E-state index contributed by atoms with van der Waals surface area (Å²) in [5, 5.41) is 9.60. The first-order valence-corrected chi connectivity index (χ1v) is 10.6. The van der Waals surface area contributed by atoms with Crippen molar-refractivity contribution < 1.29 is 14.3 Å². The second-order valence-electron chi connectivity index (χ2n) is 7.28. The number of aliphatic imine (C=N–C) groups is 1. The minimum Gasteiger partial charge on any atom is -0.493 e. The summed E-state index contributed by atoms with van der Waals surface area (Å²) in [7, 11) is 5.00. The molecule has 0 radical (unpaired) electrons. The van der Waals surface area contributed by atoms with Gasteiger partial charge in [0.05, 0.1) is 14.2 Å². The summed E-state index contributed by atoms with van der Waals surface area (Å²) in [6, 6.07) is 13.7. The van der Waals surface area contributed by atoms with Gasteiger partial charge >= 0.3 is 0 Å². The van der Waals surface area contributed by atoms with E-state index in [4.69, 9.17) is 9.47 Å². The van der Waals surface area contributed by atoms with Crippen LogP contribution in [0.4, 0.5) is 0 Å². The topological polar surface area (TPSA) is 84.0 Å². The smallest absolute Gasteiger partial charge is 0.251 e. The average Bonchev–Trinajstić information content (AvgIpc) is 2.81. The Bertz CT molecular complexity index is 883. The SMILES string of the molecule is CCC(C)NC(=O)c1cccc(CNC(=NC)NCCc2ccc(OC)c(OC)c2)c1. The van der Waals surface area contributed by atoms with E-state index in [1.54, 1.807) is 21.3 Å². The molecule has 2 aromatic rings. The van der Waals surface area contributed by atoms with Gasteiger partial charge in [-0.05, 0) is 55.2 Å². The maximum Gasteiger partial charge on any atom is 0.251 e. The lowest BCUT2D eigenvalue weighted by Gasteiger charge is -2.14. The van der Waals surface area contributed by atoms with Gasteiger partial charge < -0.3 is 25.4 Å². The maximum absolute atomic E-state index is 12.3. The van der Waals surface area contributed by atoms with Gasteiger partial charge in [-0.3, -0.25) is 9.79 Å². The normalized spacial score (nSPS) is 12.1. The van der Waals surface area contributed by atoms with Crippen molar-refractivity contribution in [2.24, 2.45) is 4.99 Å². The first kappa shape index (κ1) is 24.1. The lowest BCUT2D eigenvalue weighted by Crippen LogP contribution is -2.38. The second kappa shape index (κ2) is 12.5. The van der Waals surface area contributed by atoms with Crippen LogP contribution >= 0.6 is 0 Å². The number of guanidine groups is 1. The van der Waals surface area contributed by atoms with Gasteiger partial charge in [0.15, 0.2) is 17.5 Å². The lowest BCUT2D eigenvalue weighted by molar-refractivity contribution is 0.0939. The number of nitrogens with one attached hydrogen (secondary N) is 3. The molecular formula is C24H34N4O3. The number of ether oxygens (including phenoxy) is 2. The highest BCUT2D eigenvalue weighted by Crippen LogP contribution is 2.27. The van der Waals surface area contributed by atoms with Crippen LogP contribution < -0.4 is 25.4 Å². The Morgan fingerprint density at radius 3 is 2.48 bits per heavy atom. The van der Waals surface area contributed by atoms with Crippen molar-refractivity contribution in [1.82, 2.24) is 16.0 Å². The number of carbonyl (C=O) groups is 1. The third kappa shape index (κ3) is 7.51. The minimum absolute atomic E-state index is 0.0476. The molecule has 0 heterocycles. The summed E-state index contributed by atoms with van der Waals surface area (Å²) < 4.78 is 10.6. The fourth-order valence-electron chi connectivity index (χ4n) is 3.00. The Balaban J connectivity index is 1.86. The summed E-state index contributed by atoms with van der Waals surface area (Å²) in [5.41, 5.74) is 2.82. The summed E-state index contributed by atoms with van der Waals surface area (Å²) in [6.45, 7) is 5.34.